The van der Waals surface area contributed by atoms with Gasteiger partial charge in [0.15, 0.2) is 0 Å². The molecule has 0 spiro atoms. The van der Waals surface area contributed by atoms with Crippen LogP contribution in [-0.2, 0) is 11.4 Å². The van der Waals surface area contributed by atoms with Gasteiger partial charge in [0.05, 0.1) is 6.21 Å². The minimum Gasteiger partial charge on any atom is -0.591 e. The lowest BCUT2D eigenvalue weighted by atomic mass is 10.3. The van der Waals surface area contributed by atoms with E-state index in [-0.39, 0.29) is 5.15 Å². The van der Waals surface area contributed by atoms with Gasteiger partial charge in [-0.3, -0.25) is 0 Å². The van der Waals surface area contributed by atoms with Crippen molar-refractivity contribution in [3.8, 4) is 0 Å². The van der Waals surface area contributed by atoms with Gasteiger partial charge in [0.25, 0.3) is 0 Å². The lowest BCUT2D eigenvalue weighted by molar-refractivity contribution is 0.562. The first-order valence-electron chi connectivity index (χ1n) is 4.59. The van der Waals surface area contributed by atoms with Gasteiger partial charge in [-0.15, -0.1) is 0 Å². The first kappa shape index (κ1) is 13.4. The fourth-order valence-electron chi connectivity index (χ4n) is 0.782. The highest BCUT2D eigenvalue weighted by Crippen LogP contribution is 2.18. The summed E-state index contributed by atoms with van der Waals surface area (Å²) in [5.41, 5.74) is 0.445. The predicted octanol–water partition coefficient (Wildman–Crippen LogP) is 2.76. The lowest BCUT2D eigenvalue weighted by Gasteiger charge is -2.17. The Hall–Kier alpha value is -0.650. The Bertz CT molecular complexity index is 406. The van der Waals surface area contributed by atoms with Gasteiger partial charge in [0.2, 0.25) is 5.95 Å². The topological polar surface area (TPSA) is 48.3 Å². The van der Waals surface area contributed by atoms with Crippen LogP contribution in [-0.4, -0.2) is 20.5 Å². The normalized spacial score (nSPS) is 14.4. The Labute approximate surface area is 102 Å². The smallest absolute Gasteiger partial charge is 0.214 e. The molecule has 6 heteroatoms. The summed E-state index contributed by atoms with van der Waals surface area (Å²) >= 11 is 4.32. The highest BCUT2D eigenvalue weighted by molar-refractivity contribution is 7.91. The molecule has 0 N–H and O–H groups in total. The van der Waals surface area contributed by atoms with Crippen LogP contribution in [0.3, 0.4) is 0 Å². The summed E-state index contributed by atoms with van der Waals surface area (Å²) in [6.07, 6.45) is 1.34. The largest absolute Gasteiger partial charge is 0.591 e. The van der Waals surface area contributed by atoms with E-state index in [1.165, 1.54) is 18.3 Å². The summed E-state index contributed by atoms with van der Waals surface area (Å²) in [5, 5.41) is 0.00894. The first-order valence-corrected chi connectivity index (χ1v) is 6.07. The lowest BCUT2D eigenvalue weighted by Crippen LogP contribution is -2.25. The van der Waals surface area contributed by atoms with E-state index in [9.17, 15) is 8.94 Å². The second kappa shape index (κ2) is 5.12. The van der Waals surface area contributed by atoms with E-state index in [1.807, 2.05) is 20.8 Å². The second-order valence-electron chi connectivity index (χ2n) is 4.11. The Kier molecular flexibility index (Phi) is 4.29. The molecule has 16 heavy (non-hydrogen) atoms. The van der Waals surface area contributed by atoms with E-state index in [2.05, 4.69) is 9.38 Å². The number of halogens is 2. The summed E-state index contributed by atoms with van der Waals surface area (Å²) in [4.78, 5) is 3.42. The van der Waals surface area contributed by atoms with Crippen molar-refractivity contribution in [2.24, 2.45) is 4.40 Å². The zero-order valence-electron chi connectivity index (χ0n) is 9.20. The molecule has 0 saturated heterocycles. The molecular formula is C10H12ClFN2OS. The number of hydrogen-bond acceptors (Lipinski definition) is 3. The van der Waals surface area contributed by atoms with E-state index in [0.29, 0.717) is 5.56 Å². The van der Waals surface area contributed by atoms with Crippen LogP contribution in [0.25, 0.3) is 0 Å². The van der Waals surface area contributed by atoms with Gasteiger partial charge < -0.3 is 4.55 Å². The molecule has 1 heterocycles. The van der Waals surface area contributed by atoms with Crippen LogP contribution in [0, 0.1) is 5.95 Å². The number of nitrogens with zero attached hydrogens (tertiary/aromatic N) is 2. The highest BCUT2D eigenvalue weighted by Gasteiger charge is 2.25. The fraction of sp³-hybridized carbons (Fsp3) is 0.400. The maximum atomic E-state index is 12.6. The van der Waals surface area contributed by atoms with Crippen molar-refractivity contribution in [3.63, 3.8) is 0 Å². The molecular weight excluding hydrogens is 251 g/mol. The standard InChI is InChI=1S/C10H12ClFN2OS/c1-10(2,3)16(15)13-6-7-4-5-8(12)14-9(7)11/h4-6H,1-3H3/b13-6+. The van der Waals surface area contributed by atoms with Gasteiger partial charge in [-0.05, 0) is 32.9 Å². The SMILES string of the molecule is CC(C)(C)[S+]([O-])/N=C/c1ccc(F)nc1Cl. The monoisotopic (exact) mass is 262 g/mol. The molecule has 3 nitrogen and oxygen atoms in total. The molecule has 1 unspecified atom stereocenters. The van der Waals surface area contributed by atoms with Crippen LogP contribution < -0.4 is 0 Å². The van der Waals surface area contributed by atoms with Gasteiger partial charge in [-0.25, -0.2) is 4.98 Å². The van der Waals surface area contributed by atoms with E-state index >= 15 is 0 Å². The predicted molar refractivity (Wildman–Crippen MR) is 64.7 cm³/mol. The molecule has 0 saturated carbocycles. The van der Waals surface area contributed by atoms with Gasteiger partial charge in [0, 0.05) is 5.56 Å². The second-order valence-corrected chi connectivity index (χ2v) is 6.40. The van der Waals surface area contributed by atoms with E-state index in [1.54, 1.807) is 0 Å². The molecule has 0 fully saturated rings. The van der Waals surface area contributed by atoms with Crippen molar-refractivity contribution >= 4 is 29.2 Å². The molecule has 88 valence electrons. The van der Waals surface area contributed by atoms with Crippen molar-refractivity contribution in [2.75, 3.05) is 0 Å². The summed E-state index contributed by atoms with van der Waals surface area (Å²) in [6.45, 7) is 5.43. The van der Waals surface area contributed by atoms with Crippen molar-refractivity contribution in [3.05, 3.63) is 28.8 Å². The van der Waals surface area contributed by atoms with Crippen LogP contribution in [0.4, 0.5) is 4.39 Å². The minimum atomic E-state index is -1.36. The quantitative estimate of drug-likeness (QED) is 0.467. The molecule has 0 bridgehead atoms. The number of hydrogen-bond donors (Lipinski definition) is 0. The molecule has 1 aromatic heterocycles. The van der Waals surface area contributed by atoms with Crippen molar-refractivity contribution in [1.82, 2.24) is 4.98 Å². The minimum absolute atomic E-state index is 0.00894. The number of aromatic nitrogens is 1. The number of pyridine rings is 1. The average Bonchev–Trinajstić information content (AvgIpc) is 2.14. The molecule has 0 radical (unpaired) electrons. The molecule has 0 aliphatic heterocycles. The fourth-order valence-corrected chi connectivity index (χ4v) is 1.50. The zero-order chi connectivity index (χ0) is 12.3. The Balaban J connectivity index is 2.85. The molecule has 0 aliphatic rings. The van der Waals surface area contributed by atoms with Gasteiger partial charge in [-0.2, -0.15) is 4.39 Å². The maximum absolute atomic E-state index is 12.6. The van der Waals surface area contributed by atoms with E-state index in [4.69, 9.17) is 11.6 Å². The summed E-state index contributed by atoms with van der Waals surface area (Å²) in [6, 6.07) is 2.61. The van der Waals surface area contributed by atoms with Gasteiger partial charge in [0.1, 0.15) is 21.3 Å². The highest BCUT2D eigenvalue weighted by atomic mass is 35.5. The molecule has 1 rings (SSSR count). The van der Waals surface area contributed by atoms with Crippen molar-refractivity contribution in [2.45, 2.75) is 25.5 Å². The molecule has 1 aromatic rings. The summed E-state index contributed by atoms with van der Waals surface area (Å²) in [7, 11) is 0. The Morgan fingerprint density at radius 2 is 2.12 bits per heavy atom. The summed E-state index contributed by atoms with van der Waals surface area (Å²) in [5.74, 6) is -0.654. The molecule has 1 atom stereocenters. The first-order chi connectivity index (χ1) is 7.30. The third-order valence-electron chi connectivity index (χ3n) is 1.65. The number of rotatable bonds is 2. The van der Waals surface area contributed by atoms with Crippen LogP contribution in [0.5, 0.6) is 0 Å². The van der Waals surface area contributed by atoms with Crippen LogP contribution in [0.1, 0.15) is 26.3 Å². The average molecular weight is 263 g/mol. The Morgan fingerprint density at radius 3 is 2.62 bits per heavy atom. The molecule has 0 amide bonds. The molecule has 0 aromatic carbocycles. The third kappa shape index (κ3) is 3.73. The van der Waals surface area contributed by atoms with Crippen molar-refractivity contribution < 1.29 is 8.94 Å². The summed E-state index contributed by atoms with van der Waals surface area (Å²) < 4.78 is 27.6. The zero-order valence-corrected chi connectivity index (χ0v) is 10.8. The van der Waals surface area contributed by atoms with Crippen molar-refractivity contribution in [1.29, 1.82) is 0 Å². The third-order valence-corrected chi connectivity index (χ3v) is 3.30. The van der Waals surface area contributed by atoms with Crippen LogP contribution in [0.15, 0.2) is 16.5 Å². The molecule has 0 aliphatic carbocycles. The van der Waals surface area contributed by atoms with E-state index < -0.39 is 22.1 Å². The van der Waals surface area contributed by atoms with Gasteiger partial charge in [-0.1, -0.05) is 16.0 Å². The Morgan fingerprint density at radius 1 is 1.50 bits per heavy atom. The van der Waals surface area contributed by atoms with Crippen LogP contribution in [0.2, 0.25) is 5.15 Å². The van der Waals surface area contributed by atoms with E-state index in [0.717, 1.165) is 0 Å². The van der Waals surface area contributed by atoms with Crippen LogP contribution >= 0.6 is 11.6 Å². The van der Waals surface area contributed by atoms with Gasteiger partial charge >= 0.3 is 0 Å². The maximum Gasteiger partial charge on any atom is 0.214 e.